The van der Waals surface area contributed by atoms with Gasteiger partial charge in [-0.2, -0.15) is 0 Å². The molecule has 15 heavy (non-hydrogen) atoms. The van der Waals surface area contributed by atoms with Crippen LogP contribution in [0.15, 0.2) is 23.1 Å². The van der Waals surface area contributed by atoms with Crippen molar-refractivity contribution in [2.24, 2.45) is 0 Å². The standard InChI is InChI=1S/C11H15ClO2S/c1-11(2,7-13)15-10-5-4-8(14-3)6-9(10)12/h4-6,13H,7H2,1-3H3. The first-order chi connectivity index (χ1) is 6.98. The highest BCUT2D eigenvalue weighted by molar-refractivity contribution is 8.00. The Bertz CT molecular complexity index is 339. The summed E-state index contributed by atoms with van der Waals surface area (Å²) >= 11 is 7.64. The number of hydrogen-bond acceptors (Lipinski definition) is 3. The molecule has 0 radical (unpaired) electrons. The molecule has 1 aromatic rings. The lowest BCUT2D eigenvalue weighted by molar-refractivity contribution is 0.265. The lowest BCUT2D eigenvalue weighted by Gasteiger charge is -2.21. The van der Waals surface area contributed by atoms with Crippen molar-refractivity contribution in [3.63, 3.8) is 0 Å². The van der Waals surface area contributed by atoms with Crippen molar-refractivity contribution in [3.8, 4) is 5.75 Å². The van der Waals surface area contributed by atoms with Gasteiger partial charge in [0.25, 0.3) is 0 Å². The van der Waals surface area contributed by atoms with E-state index in [4.69, 9.17) is 21.4 Å². The minimum atomic E-state index is -0.224. The minimum absolute atomic E-state index is 0.111. The van der Waals surface area contributed by atoms with Crippen molar-refractivity contribution in [2.45, 2.75) is 23.5 Å². The van der Waals surface area contributed by atoms with Gasteiger partial charge in [-0.25, -0.2) is 0 Å². The third-order valence-electron chi connectivity index (χ3n) is 1.91. The van der Waals surface area contributed by atoms with Gasteiger partial charge >= 0.3 is 0 Å². The van der Waals surface area contributed by atoms with Crippen molar-refractivity contribution >= 4 is 23.4 Å². The minimum Gasteiger partial charge on any atom is -0.497 e. The number of aliphatic hydroxyl groups is 1. The highest BCUT2D eigenvalue weighted by Crippen LogP contribution is 2.37. The maximum Gasteiger partial charge on any atom is 0.120 e. The molecule has 0 heterocycles. The number of halogens is 1. The first-order valence-corrected chi connectivity index (χ1v) is 5.81. The van der Waals surface area contributed by atoms with E-state index in [0.717, 1.165) is 10.6 Å². The molecule has 0 bridgehead atoms. The van der Waals surface area contributed by atoms with Gasteiger partial charge in [0.05, 0.1) is 18.7 Å². The van der Waals surface area contributed by atoms with E-state index >= 15 is 0 Å². The molecule has 0 aromatic heterocycles. The summed E-state index contributed by atoms with van der Waals surface area (Å²) in [7, 11) is 1.61. The highest BCUT2D eigenvalue weighted by Gasteiger charge is 2.19. The molecule has 84 valence electrons. The normalized spacial score (nSPS) is 11.5. The van der Waals surface area contributed by atoms with Gasteiger partial charge in [0, 0.05) is 9.64 Å². The van der Waals surface area contributed by atoms with Crippen LogP contribution in [0.2, 0.25) is 5.02 Å². The molecule has 0 unspecified atom stereocenters. The molecule has 0 fully saturated rings. The zero-order valence-corrected chi connectivity index (χ0v) is 10.7. The Morgan fingerprint density at radius 2 is 2.13 bits per heavy atom. The van der Waals surface area contributed by atoms with Crippen LogP contribution >= 0.6 is 23.4 Å². The summed E-state index contributed by atoms with van der Waals surface area (Å²) in [6, 6.07) is 5.54. The SMILES string of the molecule is COc1ccc(SC(C)(C)CO)c(Cl)c1. The van der Waals surface area contributed by atoms with Crippen LogP contribution in [0.4, 0.5) is 0 Å². The van der Waals surface area contributed by atoms with Gasteiger partial charge in [-0.05, 0) is 32.0 Å². The number of thioether (sulfide) groups is 1. The Hall–Kier alpha value is -0.380. The second-order valence-electron chi connectivity index (χ2n) is 3.82. The van der Waals surface area contributed by atoms with E-state index < -0.39 is 0 Å². The van der Waals surface area contributed by atoms with Gasteiger partial charge in [0.1, 0.15) is 5.75 Å². The molecule has 0 amide bonds. The van der Waals surface area contributed by atoms with Gasteiger partial charge in [0.15, 0.2) is 0 Å². The van der Waals surface area contributed by atoms with E-state index in [9.17, 15) is 0 Å². The van der Waals surface area contributed by atoms with Gasteiger partial charge in [-0.3, -0.25) is 0 Å². The fourth-order valence-corrected chi connectivity index (χ4v) is 2.26. The second kappa shape index (κ2) is 5.10. The monoisotopic (exact) mass is 246 g/mol. The molecule has 1 N–H and O–H groups in total. The molecule has 4 heteroatoms. The predicted molar refractivity (Wildman–Crippen MR) is 65.0 cm³/mol. The average molecular weight is 247 g/mol. The van der Waals surface area contributed by atoms with E-state index in [2.05, 4.69) is 0 Å². The van der Waals surface area contributed by atoms with E-state index in [-0.39, 0.29) is 11.4 Å². The Morgan fingerprint density at radius 1 is 1.47 bits per heavy atom. The molecule has 2 nitrogen and oxygen atoms in total. The van der Waals surface area contributed by atoms with Crippen molar-refractivity contribution < 1.29 is 9.84 Å². The quantitative estimate of drug-likeness (QED) is 0.828. The van der Waals surface area contributed by atoms with Crippen LogP contribution in [-0.2, 0) is 0 Å². The topological polar surface area (TPSA) is 29.5 Å². The molecule has 0 spiro atoms. The molecule has 0 aliphatic rings. The zero-order chi connectivity index (χ0) is 11.5. The number of benzene rings is 1. The summed E-state index contributed by atoms with van der Waals surface area (Å²) in [6.45, 7) is 4.05. The fourth-order valence-electron chi connectivity index (χ4n) is 1.02. The van der Waals surface area contributed by atoms with Crippen molar-refractivity contribution in [1.82, 2.24) is 0 Å². The predicted octanol–water partition coefficient (Wildman–Crippen LogP) is 3.21. The van der Waals surface area contributed by atoms with E-state index in [1.165, 1.54) is 0 Å². The summed E-state index contributed by atoms with van der Waals surface area (Å²) in [4.78, 5) is 0.955. The van der Waals surface area contributed by atoms with Crippen LogP contribution in [0.3, 0.4) is 0 Å². The smallest absolute Gasteiger partial charge is 0.120 e. The summed E-state index contributed by atoms with van der Waals surface area (Å²) in [5.41, 5.74) is 0. The lowest BCUT2D eigenvalue weighted by Crippen LogP contribution is -2.19. The molecule has 0 saturated heterocycles. The summed E-state index contributed by atoms with van der Waals surface area (Å²) in [6.07, 6.45) is 0. The number of hydrogen-bond donors (Lipinski definition) is 1. The Kier molecular flexibility index (Phi) is 4.32. The highest BCUT2D eigenvalue weighted by atomic mass is 35.5. The van der Waals surface area contributed by atoms with Crippen LogP contribution in [0.1, 0.15) is 13.8 Å². The third kappa shape index (κ3) is 3.59. The molecule has 0 aliphatic carbocycles. The second-order valence-corrected chi connectivity index (χ2v) is 5.97. The van der Waals surface area contributed by atoms with Crippen LogP contribution in [-0.4, -0.2) is 23.6 Å². The molecule has 1 rings (SSSR count). The molecular formula is C11H15ClO2S. The van der Waals surface area contributed by atoms with Gasteiger partial charge in [0.2, 0.25) is 0 Å². The molecular weight excluding hydrogens is 232 g/mol. The number of aliphatic hydroxyl groups excluding tert-OH is 1. The van der Waals surface area contributed by atoms with Crippen LogP contribution < -0.4 is 4.74 Å². The first-order valence-electron chi connectivity index (χ1n) is 4.62. The molecule has 0 saturated carbocycles. The zero-order valence-electron chi connectivity index (χ0n) is 9.08. The Morgan fingerprint density at radius 3 is 2.60 bits per heavy atom. The molecule has 0 atom stereocenters. The van der Waals surface area contributed by atoms with Gasteiger partial charge < -0.3 is 9.84 Å². The number of rotatable bonds is 4. The molecule has 0 aliphatic heterocycles. The van der Waals surface area contributed by atoms with Crippen molar-refractivity contribution in [1.29, 1.82) is 0 Å². The maximum absolute atomic E-state index is 9.16. The maximum atomic E-state index is 9.16. The van der Waals surface area contributed by atoms with E-state index in [1.54, 1.807) is 24.9 Å². The van der Waals surface area contributed by atoms with E-state index in [1.807, 2.05) is 26.0 Å². The van der Waals surface area contributed by atoms with Gasteiger partial charge in [-0.15, -0.1) is 11.8 Å². The number of ether oxygens (including phenoxy) is 1. The van der Waals surface area contributed by atoms with E-state index in [0.29, 0.717) is 5.02 Å². The van der Waals surface area contributed by atoms with Crippen molar-refractivity contribution in [3.05, 3.63) is 23.2 Å². The summed E-state index contributed by atoms with van der Waals surface area (Å²) in [5.74, 6) is 0.742. The first kappa shape index (κ1) is 12.7. The average Bonchev–Trinajstić information content (AvgIpc) is 2.21. The molecule has 1 aromatic carbocycles. The van der Waals surface area contributed by atoms with Gasteiger partial charge in [-0.1, -0.05) is 11.6 Å². The largest absolute Gasteiger partial charge is 0.497 e. The third-order valence-corrected chi connectivity index (χ3v) is 3.59. The van der Waals surface area contributed by atoms with Crippen LogP contribution in [0.25, 0.3) is 0 Å². The lowest BCUT2D eigenvalue weighted by atomic mass is 10.2. The number of methoxy groups -OCH3 is 1. The summed E-state index contributed by atoms with van der Waals surface area (Å²) < 4.78 is 4.84. The fraction of sp³-hybridized carbons (Fsp3) is 0.455. The van der Waals surface area contributed by atoms with Crippen molar-refractivity contribution in [2.75, 3.05) is 13.7 Å². The Labute approximate surface area is 99.6 Å². The Balaban J connectivity index is 2.87. The summed E-state index contributed by atoms with van der Waals surface area (Å²) in [5, 5.41) is 9.81. The van der Waals surface area contributed by atoms with Crippen LogP contribution in [0.5, 0.6) is 5.75 Å². The van der Waals surface area contributed by atoms with Crippen LogP contribution in [0, 0.1) is 0 Å².